The molecule has 3 aromatic rings. The van der Waals surface area contributed by atoms with Crippen molar-refractivity contribution >= 4 is 11.5 Å². The van der Waals surface area contributed by atoms with Crippen LogP contribution in [0.4, 0.5) is 19.0 Å². The Labute approximate surface area is 156 Å². The third-order valence-corrected chi connectivity index (χ3v) is 4.57. The summed E-state index contributed by atoms with van der Waals surface area (Å²) in [6.45, 7) is 0. The average Bonchev–Trinajstić information content (AvgIpc) is 2.67. The molecule has 0 radical (unpaired) electrons. The number of alkyl halides is 3. The number of allylic oxidation sites excluding steroid dienone is 1. The first-order valence-electron chi connectivity index (χ1n) is 8.41. The van der Waals surface area contributed by atoms with Gasteiger partial charge in [0.15, 0.2) is 0 Å². The summed E-state index contributed by atoms with van der Waals surface area (Å²) in [4.78, 5) is 28.7. The van der Waals surface area contributed by atoms with Gasteiger partial charge in [-0.2, -0.15) is 13.2 Å². The number of rotatable bonds is 2. The van der Waals surface area contributed by atoms with Crippen LogP contribution in [0.25, 0.3) is 5.70 Å². The minimum atomic E-state index is -4.59. The van der Waals surface area contributed by atoms with E-state index in [0.29, 0.717) is 11.3 Å². The van der Waals surface area contributed by atoms with Crippen molar-refractivity contribution in [2.45, 2.75) is 12.1 Å². The van der Waals surface area contributed by atoms with Gasteiger partial charge in [-0.25, -0.2) is 4.79 Å². The van der Waals surface area contributed by atoms with Crippen LogP contribution in [-0.4, -0.2) is 9.97 Å². The van der Waals surface area contributed by atoms with E-state index in [1.54, 1.807) is 30.3 Å². The fourth-order valence-corrected chi connectivity index (χ4v) is 3.38. The number of anilines is 1. The van der Waals surface area contributed by atoms with Crippen LogP contribution in [-0.2, 0) is 6.18 Å². The van der Waals surface area contributed by atoms with E-state index in [-0.39, 0.29) is 16.9 Å². The molecule has 4 rings (SSSR count). The summed E-state index contributed by atoms with van der Waals surface area (Å²) in [5.41, 5.74) is -1.15. The van der Waals surface area contributed by atoms with Crippen molar-refractivity contribution in [3.63, 3.8) is 0 Å². The minimum absolute atomic E-state index is 0.0241. The first-order chi connectivity index (χ1) is 13.3. The summed E-state index contributed by atoms with van der Waals surface area (Å²) < 4.78 is 40.8. The summed E-state index contributed by atoms with van der Waals surface area (Å²) in [6.07, 6.45) is -3.02. The van der Waals surface area contributed by atoms with Crippen molar-refractivity contribution in [3.8, 4) is 0 Å². The first kappa shape index (κ1) is 17.8. The Balaban J connectivity index is 1.99. The van der Waals surface area contributed by atoms with Crippen LogP contribution >= 0.6 is 0 Å². The second kappa shape index (κ2) is 6.56. The SMILES string of the molecule is O=c1[nH]c2c(c(=O)[nH]1)C(c1ccccc1C(F)(F)F)C=C(c1ccccc1)N2. The molecule has 1 aliphatic heterocycles. The van der Waals surface area contributed by atoms with Crippen molar-refractivity contribution in [2.75, 3.05) is 5.32 Å². The van der Waals surface area contributed by atoms with Crippen LogP contribution < -0.4 is 16.6 Å². The lowest BCUT2D eigenvalue weighted by molar-refractivity contribution is -0.138. The molecule has 0 amide bonds. The Bertz CT molecular complexity index is 1180. The van der Waals surface area contributed by atoms with E-state index in [2.05, 4.69) is 15.3 Å². The zero-order chi connectivity index (χ0) is 19.9. The largest absolute Gasteiger partial charge is 0.416 e. The normalized spacial score (nSPS) is 16.1. The molecule has 8 heteroatoms. The molecule has 2 heterocycles. The number of hydrogen-bond donors (Lipinski definition) is 3. The van der Waals surface area contributed by atoms with Crippen molar-refractivity contribution in [2.24, 2.45) is 0 Å². The maximum Gasteiger partial charge on any atom is 0.416 e. The second-order valence-corrected chi connectivity index (χ2v) is 6.33. The maximum absolute atomic E-state index is 13.6. The highest BCUT2D eigenvalue weighted by Gasteiger charge is 2.37. The minimum Gasteiger partial charge on any atom is -0.341 e. The summed E-state index contributed by atoms with van der Waals surface area (Å²) in [5.74, 6) is -0.915. The molecule has 1 unspecified atom stereocenters. The van der Waals surface area contributed by atoms with Gasteiger partial charge in [-0.3, -0.25) is 14.8 Å². The van der Waals surface area contributed by atoms with Crippen molar-refractivity contribution in [1.29, 1.82) is 0 Å². The third-order valence-electron chi connectivity index (χ3n) is 4.57. The lowest BCUT2D eigenvalue weighted by Crippen LogP contribution is -2.31. The quantitative estimate of drug-likeness (QED) is 0.630. The summed E-state index contributed by atoms with van der Waals surface area (Å²) in [5, 5.41) is 2.96. The molecule has 0 aliphatic carbocycles. The lowest BCUT2D eigenvalue weighted by atomic mass is 9.85. The summed E-state index contributed by atoms with van der Waals surface area (Å²) in [6, 6.07) is 14.0. The van der Waals surface area contributed by atoms with Gasteiger partial charge in [0, 0.05) is 11.6 Å². The lowest BCUT2D eigenvalue weighted by Gasteiger charge is -2.27. The Morgan fingerprint density at radius 1 is 0.857 bits per heavy atom. The van der Waals surface area contributed by atoms with Crippen LogP contribution in [0.15, 0.2) is 70.3 Å². The van der Waals surface area contributed by atoms with Crippen molar-refractivity contribution < 1.29 is 13.2 Å². The molecule has 3 N–H and O–H groups in total. The standard InChI is InChI=1S/C20H14F3N3O2/c21-20(22,23)14-9-5-4-8-12(14)13-10-15(11-6-2-1-3-7-11)24-17-16(13)18(27)26-19(28)25-17/h1-10,13H,(H3,24,25,26,27,28). The van der Waals surface area contributed by atoms with Crippen LogP contribution in [0.2, 0.25) is 0 Å². The maximum atomic E-state index is 13.6. The predicted molar refractivity (Wildman–Crippen MR) is 99.0 cm³/mol. The number of benzene rings is 2. The van der Waals surface area contributed by atoms with E-state index >= 15 is 0 Å². The van der Waals surface area contributed by atoms with E-state index in [0.717, 1.165) is 6.07 Å². The van der Waals surface area contributed by atoms with Gasteiger partial charge < -0.3 is 5.32 Å². The highest BCUT2D eigenvalue weighted by molar-refractivity contribution is 5.81. The predicted octanol–water partition coefficient (Wildman–Crippen LogP) is 3.68. The molecule has 5 nitrogen and oxygen atoms in total. The molecule has 0 saturated carbocycles. The fraction of sp³-hybridized carbons (Fsp3) is 0.100. The highest BCUT2D eigenvalue weighted by Crippen LogP contribution is 2.41. The Morgan fingerprint density at radius 2 is 1.54 bits per heavy atom. The molecule has 1 aliphatic rings. The van der Waals surface area contributed by atoms with Gasteiger partial charge >= 0.3 is 11.9 Å². The van der Waals surface area contributed by atoms with Crippen LogP contribution in [0.1, 0.15) is 28.2 Å². The molecule has 0 fully saturated rings. The number of aromatic nitrogens is 2. The smallest absolute Gasteiger partial charge is 0.341 e. The van der Waals surface area contributed by atoms with Crippen LogP contribution in [0.5, 0.6) is 0 Å². The number of halogens is 3. The number of aromatic amines is 2. The van der Waals surface area contributed by atoms with Crippen molar-refractivity contribution in [1.82, 2.24) is 9.97 Å². The Morgan fingerprint density at radius 3 is 2.25 bits per heavy atom. The van der Waals surface area contributed by atoms with Crippen molar-refractivity contribution in [3.05, 3.63) is 104 Å². The van der Waals surface area contributed by atoms with E-state index in [1.807, 2.05) is 6.07 Å². The van der Waals surface area contributed by atoms with Gasteiger partial charge in [0.2, 0.25) is 0 Å². The number of H-pyrrole nitrogens is 2. The zero-order valence-corrected chi connectivity index (χ0v) is 14.3. The zero-order valence-electron chi connectivity index (χ0n) is 14.3. The molecule has 142 valence electrons. The summed E-state index contributed by atoms with van der Waals surface area (Å²) >= 11 is 0. The topological polar surface area (TPSA) is 77.8 Å². The van der Waals surface area contributed by atoms with Gasteiger partial charge in [0.05, 0.1) is 11.1 Å². The second-order valence-electron chi connectivity index (χ2n) is 6.33. The Hall–Kier alpha value is -3.55. The molecule has 0 saturated heterocycles. The van der Waals surface area contributed by atoms with Gasteiger partial charge in [-0.05, 0) is 23.3 Å². The van der Waals surface area contributed by atoms with Gasteiger partial charge in [-0.15, -0.1) is 0 Å². The first-order valence-corrected chi connectivity index (χ1v) is 8.41. The molecule has 1 aromatic heterocycles. The molecule has 1 atom stereocenters. The van der Waals surface area contributed by atoms with Gasteiger partial charge in [0.25, 0.3) is 5.56 Å². The molecule has 28 heavy (non-hydrogen) atoms. The van der Waals surface area contributed by atoms with E-state index < -0.39 is 28.9 Å². The monoisotopic (exact) mass is 385 g/mol. The van der Waals surface area contributed by atoms with Gasteiger partial charge in [-0.1, -0.05) is 48.5 Å². The Kier molecular flexibility index (Phi) is 4.18. The molecular weight excluding hydrogens is 371 g/mol. The van der Waals surface area contributed by atoms with Crippen LogP contribution in [0.3, 0.4) is 0 Å². The average molecular weight is 385 g/mol. The summed E-state index contributed by atoms with van der Waals surface area (Å²) in [7, 11) is 0. The molecule has 2 aromatic carbocycles. The van der Waals surface area contributed by atoms with E-state index in [1.165, 1.54) is 18.2 Å². The number of nitrogens with one attached hydrogen (secondary N) is 3. The molecular formula is C20H14F3N3O2. The highest BCUT2D eigenvalue weighted by atomic mass is 19.4. The number of fused-ring (bicyclic) bond motifs is 1. The van der Waals surface area contributed by atoms with Gasteiger partial charge in [0.1, 0.15) is 5.82 Å². The third kappa shape index (κ3) is 3.13. The molecule has 0 spiro atoms. The van der Waals surface area contributed by atoms with Crippen LogP contribution in [0, 0.1) is 0 Å². The molecule has 0 bridgehead atoms. The number of hydrogen-bond acceptors (Lipinski definition) is 3. The fourth-order valence-electron chi connectivity index (χ4n) is 3.38. The van der Waals surface area contributed by atoms with E-state index in [9.17, 15) is 22.8 Å². The van der Waals surface area contributed by atoms with E-state index in [4.69, 9.17) is 0 Å².